The van der Waals surface area contributed by atoms with Crippen LogP contribution in [-0.4, -0.2) is 74.9 Å². The largest absolute Gasteiger partial charge is 0.472 e. The summed E-state index contributed by atoms with van der Waals surface area (Å²) in [5.41, 5.74) is 0. The lowest BCUT2D eigenvalue weighted by Gasteiger charge is -2.24. The highest BCUT2D eigenvalue weighted by molar-refractivity contribution is 7.47. The van der Waals surface area contributed by atoms with Gasteiger partial charge in [0.05, 0.1) is 27.7 Å². The second-order valence-corrected chi connectivity index (χ2v) is 27.8. The molecule has 0 aromatic rings. The molecule has 0 rings (SSSR count). The van der Waals surface area contributed by atoms with E-state index in [2.05, 4.69) is 62.5 Å². The topological polar surface area (TPSA) is 108 Å². The van der Waals surface area contributed by atoms with E-state index in [1.807, 2.05) is 21.1 Å². The van der Waals surface area contributed by atoms with E-state index in [0.29, 0.717) is 23.9 Å². The first kappa shape index (κ1) is 83.0. The minimum absolute atomic E-state index is 0.0346. The molecule has 0 saturated carbocycles. The second-order valence-electron chi connectivity index (χ2n) is 26.3. The number of carbonyl (C=O) groups is 2. The van der Waals surface area contributed by atoms with Crippen LogP contribution in [-0.2, 0) is 32.7 Å². The Balaban J connectivity index is 3.96. The summed E-state index contributed by atoms with van der Waals surface area (Å²) in [4.78, 5) is 35.9. The molecule has 0 aliphatic rings. The van der Waals surface area contributed by atoms with Crippen LogP contribution in [0.2, 0.25) is 0 Å². The van der Waals surface area contributed by atoms with Gasteiger partial charge in [0, 0.05) is 12.8 Å². The normalized spacial score (nSPS) is 13.3. The van der Waals surface area contributed by atoms with Gasteiger partial charge in [-0.15, -0.1) is 0 Å². The number of hydrogen-bond acceptors (Lipinski definition) is 7. The van der Waals surface area contributed by atoms with Gasteiger partial charge in [0.25, 0.3) is 0 Å². The number of ether oxygens (including phenoxy) is 2. The summed E-state index contributed by atoms with van der Waals surface area (Å²) in [5, 5.41) is 0. The molecular weight excluding hydrogens is 1070 g/mol. The van der Waals surface area contributed by atoms with E-state index in [0.717, 1.165) is 57.8 Å². The van der Waals surface area contributed by atoms with Gasteiger partial charge >= 0.3 is 19.8 Å². The Morgan fingerprint density at radius 1 is 0.376 bits per heavy atom. The molecule has 0 aliphatic carbocycles. The third kappa shape index (κ3) is 70.9. The lowest BCUT2D eigenvalue weighted by Crippen LogP contribution is -2.37. The van der Waals surface area contributed by atoms with Crippen molar-refractivity contribution in [1.29, 1.82) is 0 Å². The van der Waals surface area contributed by atoms with Gasteiger partial charge in [0.2, 0.25) is 0 Å². The molecule has 0 fully saturated rings. The van der Waals surface area contributed by atoms with Crippen molar-refractivity contribution >= 4 is 19.8 Å². The van der Waals surface area contributed by atoms with Crippen LogP contribution in [0.1, 0.15) is 367 Å². The van der Waals surface area contributed by atoms with Gasteiger partial charge in [-0.3, -0.25) is 18.6 Å². The highest BCUT2D eigenvalue weighted by Crippen LogP contribution is 2.43. The van der Waals surface area contributed by atoms with Gasteiger partial charge in [-0.1, -0.05) is 351 Å². The van der Waals surface area contributed by atoms with Crippen LogP contribution in [0.5, 0.6) is 0 Å². The molecule has 0 aromatic carbocycles. The van der Waals surface area contributed by atoms with Crippen molar-refractivity contribution in [2.24, 2.45) is 0 Å². The van der Waals surface area contributed by atoms with Crippen molar-refractivity contribution in [3.8, 4) is 0 Å². The summed E-state index contributed by atoms with van der Waals surface area (Å²) in [7, 11) is 1.50. The molecule has 0 spiro atoms. The summed E-state index contributed by atoms with van der Waals surface area (Å²) in [5.74, 6) is -0.774. The summed E-state index contributed by atoms with van der Waals surface area (Å²) >= 11 is 0. The van der Waals surface area contributed by atoms with Crippen molar-refractivity contribution in [1.82, 2.24) is 0 Å². The quantitative estimate of drug-likeness (QED) is 0.0211. The number of likely N-dealkylation sites (N-methyl/N-ethyl adjacent to an activating group) is 1. The van der Waals surface area contributed by atoms with E-state index >= 15 is 0 Å². The van der Waals surface area contributed by atoms with Crippen molar-refractivity contribution < 1.29 is 42.1 Å². The number of quaternary nitrogens is 1. The molecular formula is C75H143NO8P+. The lowest BCUT2D eigenvalue weighted by molar-refractivity contribution is -0.870. The van der Waals surface area contributed by atoms with E-state index in [-0.39, 0.29) is 25.6 Å². The van der Waals surface area contributed by atoms with Crippen LogP contribution in [0.4, 0.5) is 0 Å². The van der Waals surface area contributed by atoms with Gasteiger partial charge in [-0.05, 0) is 51.4 Å². The third-order valence-corrected chi connectivity index (χ3v) is 17.6. The van der Waals surface area contributed by atoms with E-state index in [9.17, 15) is 19.0 Å². The third-order valence-electron chi connectivity index (χ3n) is 16.6. The second kappa shape index (κ2) is 66.4. The predicted molar refractivity (Wildman–Crippen MR) is 367 cm³/mol. The Hall–Kier alpha value is -2.03. The Morgan fingerprint density at radius 3 is 1.00 bits per heavy atom. The SMILES string of the molecule is CC/C=C\C/C=C\C/C=C\C/C=C\CCCCCCCCCCCCCCCCCCCCCCC(=O)OC(COC(=O)CCCCCCCCCCCCCCCCCCCCCCCCCCCCCC)COP(=O)(O)OCC[N+](C)(C)C. The molecule has 2 atom stereocenters. The number of unbranched alkanes of at least 4 members (excludes halogenated alkanes) is 47. The molecule has 500 valence electrons. The standard InChI is InChI=1S/C75H142NO8P/c1-6-8-10-12-14-16-18-20-22-24-26-28-30-32-34-36-37-38-39-40-42-44-46-48-50-52-54-56-58-60-62-64-66-68-75(78)84-73(72-83-85(79,80)82-70-69-76(3,4)5)71-81-74(77)67-65-63-61-59-57-55-53-51-49-47-45-43-41-35-33-31-29-27-25-23-21-19-17-15-13-11-9-7-2/h8,10,14,16,20,22,26,28,73H,6-7,9,11-13,15,17-19,21,23-25,27,29-72H2,1-5H3/p+1/b10-8-,16-14-,22-20-,28-26-. The predicted octanol–water partition coefficient (Wildman–Crippen LogP) is 24.0. The molecule has 9 nitrogen and oxygen atoms in total. The van der Waals surface area contributed by atoms with Crippen LogP contribution >= 0.6 is 7.82 Å². The number of esters is 2. The monoisotopic (exact) mass is 1220 g/mol. The van der Waals surface area contributed by atoms with Crippen LogP contribution in [0.15, 0.2) is 48.6 Å². The fourth-order valence-electron chi connectivity index (χ4n) is 11.0. The van der Waals surface area contributed by atoms with E-state index < -0.39 is 26.5 Å². The zero-order valence-electron chi connectivity index (χ0n) is 57.1. The molecule has 0 aromatic heterocycles. The fraction of sp³-hybridized carbons (Fsp3) is 0.867. The molecule has 0 saturated heterocycles. The van der Waals surface area contributed by atoms with Crippen molar-refractivity contribution in [2.75, 3.05) is 47.5 Å². The Bertz CT molecular complexity index is 1570. The van der Waals surface area contributed by atoms with Gasteiger partial charge in [0.15, 0.2) is 6.10 Å². The molecule has 0 aliphatic heterocycles. The fourth-order valence-corrected chi connectivity index (χ4v) is 11.8. The lowest BCUT2D eigenvalue weighted by atomic mass is 10.0. The smallest absolute Gasteiger partial charge is 0.462 e. The summed E-state index contributed by atoms with van der Waals surface area (Å²) in [6, 6.07) is 0. The number of phosphoric acid groups is 1. The molecule has 10 heteroatoms. The summed E-state index contributed by atoms with van der Waals surface area (Å²) in [6.45, 7) is 4.40. The van der Waals surface area contributed by atoms with Gasteiger partial charge in [-0.2, -0.15) is 0 Å². The van der Waals surface area contributed by atoms with E-state index in [4.69, 9.17) is 18.5 Å². The number of phosphoric ester groups is 1. The van der Waals surface area contributed by atoms with Crippen molar-refractivity contribution in [2.45, 2.75) is 373 Å². The highest BCUT2D eigenvalue weighted by Gasteiger charge is 2.27. The number of allylic oxidation sites excluding steroid dienone is 8. The molecule has 85 heavy (non-hydrogen) atoms. The average Bonchev–Trinajstić information content (AvgIpc) is 3.54. The van der Waals surface area contributed by atoms with Gasteiger partial charge < -0.3 is 18.9 Å². The highest BCUT2D eigenvalue weighted by atomic mass is 31.2. The van der Waals surface area contributed by atoms with Crippen LogP contribution in [0.3, 0.4) is 0 Å². The summed E-state index contributed by atoms with van der Waals surface area (Å²) < 4.78 is 34.8. The average molecular weight is 1220 g/mol. The molecule has 0 radical (unpaired) electrons. The van der Waals surface area contributed by atoms with Crippen molar-refractivity contribution in [3.05, 3.63) is 48.6 Å². The number of rotatable bonds is 69. The summed E-state index contributed by atoms with van der Waals surface area (Å²) in [6.07, 6.45) is 86.7. The molecule has 2 unspecified atom stereocenters. The minimum atomic E-state index is -4.39. The number of hydrogen-bond donors (Lipinski definition) is 1. The van der Waals surface area contributed by atoms with Gasteiger partial charge in [-0.25, -0.2) is 4.57 Å². The van der Waals surface area contributed by atoms with Crippen LogP contribution in [0.25, 0.3) is 0 Å². The maximum absolute atomic E-state index is 12.9. The first-order chi connectivity index (χ1) is 41.5. The maximum Gasteiger partial charge on any atom is 0.472 e. The zero-order chi connectivity index (χ0) is 61.9. The first-order valence-electron chi connectivity index (χ1n) is 36.9. The van der Waals surface area contributed by atoms with Crippen molar-refractivity contribution in [3.63, 3.8) is 0 Å². The Kier molecular flexibility index (Phi) is 64.8. The first-order valence-corrected chi connectivity index (χ1v) is 38.4. The minimum Gasteiger partial charge on any atom is -0.462 e. The molecule has 0 heterocycles. The van der Waals surface area contributed by atoms with Gasteiger partial charge in [0.1, 0.15) is 19.8 Å². The zero-order valence-corrected chi connectivity index (χ0v) is 58.0. The maximum atomic E-state index is 12.9. The molecule has 1 N–H and O–H groups in total. The molecule has 0 bridgehead atoms. The van der Waals surface area contributed by atoms with Crippen LogP contribution in [0, 0.1) is 0 Å². The number of carbonyl (C=O) groups excluding carboxylic acids is 2. The van der Waals surface area contributed by atoms with E-state index in [1.165, 1.54) is 276 Å². The number of nitrogens with zero attached hydrogens (tertiary/aromatic N) is 1. The Labute approximate surface area is 528 Å². The Morgan fingerprint density at radius 2 is 0.671 bits per heavy atom. The van der Waals surface area contributed by atoms with E-state index in [1.54, 1.807) is 0 Å². The van der Waals surface area contributed by atoms with Crippen LogP contribution < -0.4 is 0 Å². The molecule has 0 amide bonds.